The fourth-order valence-electron chi connectivity index (χ4n) is 6.50. The van der Waals surface area contributed by atoms with Gasteiger partial charge < -0.3 is 44.3 Å². The first-order valence-electron chi connectivity index (χ1n) is 22.3. The maximum absolute atomic E-state index is 13.6. The van der Waals surface area contributed by atoms with Gasteiger partial charge >= 0.3 is 24.4 Å². The van der Waals surface area contributed by atoms with Gasteiger partial charge in [-0.05, 0) is 134 Å². The van der Waals surface area contributed by atoms with Gasteiger partial charge in [-0.25, -0.2) is 24.2 Å². The average Bonchev–Trinajstić information content (AvgIpc) is 3.14. The van der Waals surface area contributed by atoms with E-state index in [-0.39, 0.29) is 5.91 Å². The van der Waals surface area contributed by atoms with Crippen molar-refractivity contribution in [1.82, 2.24) is 30.3 Å². The van der Waals surface area contributed by atoms with E-state index in [0.29, 0.717) is 96.4 Å². The summed E-state index contributed by atoms with van der Waals surface area (Å²) in [7, 11) is 0. The molecule has 0 saturated heterocycles. The zero-order valence-corrected chi connectivity index (χ0v) is 40.0. The van der Waals surface area contributed by atoms with Crippen LogP contribution in [0.1, 0.15) is 132 Å². The monoisotopic (exact) mass is 879 g/mol. The Morgan fingerprint density at radius 3 is 1.22 bits per heavy atom. The molecular formula is C48H74N6O9. The van der Waals surface area contributed by atoms with Crippen molar-refractivity contribution in [3.63, 3.8) is 0 Å². The molecule has 2 N–H and O–H groups in total. The molecule has 0 spiro atoms. The van der Waals surface area contributed by atoms with Gasteiger partial charge in [0.15, 0.2) is 0 Å². The number of aromatic nitrogens is 1. The van der Waals surface area contributed by atoms with E-state index < -0.39 is 46.8 Å². The Labute approximate surface area is 374 Å². The van der Waals surface area contributed by atoms with E-state index in [0.717, 1.165) is 21.8 Å². The van der Waals surface area contributed by atoms with Crippen LogP contribution < -0.4 is 10.6 Å². The molecule has 0 radical (unpaired) electrons. The van der Waals surface area contributed by atoms with E-state index in [1.165, 1.54) is 0 Å². The summed E-state index contributed by atoms with van der Waals surface area (Å²) < 4.78 is 22.5. The molecule has 63 heavy (non-hydrogen) atoms. The SMILES string of the molecule is CC(C)(C)OC(=O)NCCCN(CCCCN(CCCN(CCCCNC(=O)c1c2ccccc2nc2ccccc12)C(=O)OC(C)(C)C)C(=O)OC(C)(C)C)C(=O)OC(C)(C)C. The highest BCUT2D eigenvalue weighted by Crippen LogP contribution is 2.26. The number of nitrogens with zero attached hydrogens (tertiary/aromatic N) is 4. The topological polar surface area (TPSA) is 169 Å². The minimum atomic E-state index is -0.717. The molecule has 0 atom stereocenters. The number of unbranched alkanes of at least 4 members (excludes halogenated alkanes) is 2. The fourth-order valence-corrected chi connectivity index (χ4v) is 6.50. The third-order valence-electron chi connectivity index (χ3n) is 9.15. The predicted octanol–water partition coefficient (Wildman–Crippen LogP) is 9.69. The van der Waals surface area contributed by atoms with Gasteiger partial charge in [-0.15, -0.1) is 0 Å². The fraction of sp³-hybridized carbons (Fsp3) is 0.625. The molecule has 3 rings (SSSR count). The molecular weight excluding hydrogens is 805 g/mol. The predicted molar refractivity (Wildman–Crippen MR) is 247 cm³/mol. The summed E-state index contributed by atoms with van der Waals surface area (Å²) in [5.41, 5.74) is -0.632. The highest BCUT2D eigenvalue weighted by Gasteiger charge is 2.26. The van der Waals surface area contributed by atoms with Crippen LogP contribution in [0, 0.1) is 0 Å². The van der Waals surface area contributed by atoms with Crippen LogP contribution >= 0.6 is 0 Å². The minimum absolute atomic E-state index is 0.179. The second kappa shape index (κ2) is 23.4. The quantitative estimate of drug-likeness (QED) is 0.0672. The Morgan fingerprint density at radius 2 is 0.810 bits per heavy atom. The number of rotatable bonds is 19. The van der Waals surface area contributed by atoms with E-state index in [1.54, 1.807) is 35.5 Å². The van der Waals surface area contributed by atoms with Gasteiger partial charge in [0, 0.05) is 63.1 Å². The molecule has 5 amide bonds. The zero-order chi connectivity index (χ0) is 47.0. The number of benzene rings is 2. The first kappa shape index (κ1) is 52.0. The Morgan fingerprint density at radius 1 is 0.460 bits per heavy atom. The molecule has 2 aromatic carbocycles. The lowest BCUT2D eigenvalue weighted by Crippen LogP contribution is -2.42. The van der Waals surface area contributed by atoms with Crippen LogP contribution in [0.2, 0.25) is 0 Å². The van der Waals surface area contributed by atoms with Crippen LogP contribution in [0.4, 0.5) is 19.2 Å². The first-order valence-corrected chi connectivity index (χ1v) is 22.3. The number of alkyl carbamates (subject to hydrolysis) is 1. The average molecular weight is 879 g/mol. The largest absolute Gasteiger partial charge is 0.444 e. The summed E-state index contributed by atoms with van der Waals surface area (Å²) >= 11 is 0. The molecule has 350 valence electrons. The standard InChI is InChI=1S/C48H74N6O9/c1-45(2,3)60-41(56)50-28-21-32-52(42(57)61-46(4,5)6)30-19-20-31-54(44(59)63-48(10,11)12)34-22-33-53(43(58)62-47(7,8)9)29-18-17-27-49-40(55)39-35-23-13-15-25-37(35)51-38-26-16-14-24-36(38)39/h13-16,23-26H,17-22,27-34H2,1-12H3,(H,49,55)(H,50,56). The van der Waals surface area contributed by atoms with Gasteiger partial charge in [0.05, 0.1) is 16.6 Å². The number of pyridine rings is 1. The Kier molecular flexibility index (Phi) is 19.3. The Balaban J connectivity index is 1.60. The van der Waals surface area contributed by atoms with Gasteiger partial charge in [-0.1, -0.05) is 36.4 Å². The first-order chi connectivity index (χ1) is 29.3. The molecule has 0 aliphatic carbocycles. The van der Waals surface area contributed by atoms with Crippen molar-refractivity contribution in [3.05, 3.63) is 54.1 Å². The number of amides is 5. The molecule has 0 aliphatic heterocycles. The molecule has 1 aromatic heterocycles. The van der Waals surface area contributed by atoms with Gasteiger partial charge in [0.2, 0.25) is 0 Å². The lowest BCUT2D eigenvalue weighted by molar-refractivity contribution is 0.0180. The summed E-state index contributed by atoms with van der Waals surface area (Å²) in [6.45, 7) is 24.6. The maximum atomic E-state index is 13.6. The minimum Gasteiger partial charge on any atom is -0.444 e. The number of nitrogens with one attached hydrogen (secondary N) is 2. The number of ether oxygens (including phenoxy) is 4. The van der Waals surface area contributed by atoms with Crippen molar-refractivity contribution in [2.75, 3.05) is 52.4 Å². The summed E-state index contributed by atoms with van der Waals surface area (Å²) in [5, 5.41) is 7.38. The van der Waals surface area contributed by atoms with Crippen molar-refractivity contribution in [2.24, 2.45) is 0 Å². The van der Waals surface area contributed by atoms with Crippen molar-refractivity contribution >= 4 is 52.1 Å². The third kappa shape index (κ3) is 19.7. The Bertz CT molecular complexity index is 1920. The summed E-state index contributed by atoms with van der Waals surface area (Å²) in [5.74, 6) is -0.179. The molecule has 0 aliphatic rings. The smallest absolute Gasteiger partial charge is 0.410 e. The second-order valence-electron chi connectivity index (χ2n) is 19.7. The van der Waals surface area contributed by atoms with E-state index in [9.17, 15) is 24.0 Å². The van der Waals surface area contributed by atoms with Crippen molar-refractivity contribution < 1.29 is 42.9 Å². The molecule has 0 unspecified atom stereocenters. The molecule has 15 heteroatoms. The molecule has 0 fully saturated rings. The maximum Gasteiger partial charge on any atom is 0.410 e. The molecule has 0 saturated carbocycles. The van der Waals surface area contributed by atoms with E-state index in [1.807, 2.05) is 111 Å². The molecule has 0 bridgehead atoms. The Hall–Kier alpha value is -5.34. The van der Waals surface area contributed by atoms with Gasteiger partial charge in [-0.2, -0.15) is 0 Å². The van der Waals surface area contributed by atoms with Crippen molar-refractivity contribution in [1.29, 1.82) is 0 Å². The molecule has 3 aromatic rings. The molecule has 1 heterocycles. The number of fused-ring (bicyclic) bond motifs is 2. The third-order valence-corrected chi connectivity index (χ3v) is 9.15. The van der Waals surface area contributed by atoms with Crippen LogP contribution in [0.3, 0.4) is 0 Å². The normalized spacial score (nSPS) is 12.1. The number of carbonyl (C=O) groups excluding carboxylic acids is 5. The van der Waals surface area contributed by atoms with Crippen LogP contribution in [0.25, 0.3) is 21.8 Å². The van der Waals surface area contributed by atoms with Crippen molar-refractivity contribution in [3.8, 4) is 0 Å². The van der Waals surface area contributed by atoms with Crippen molar-refractivity contribution in [2.45, 2.75) is 144 Å². The summed E-state index contributed by atoms with van der Waals surface area (Å²) in [4.78, 5) is 75.3. The van der Waals surface area contributed by atoms with Crippen LogP contribution in [-0.2, 0) is 18.9 Å². The van der Waals surface area contributed by atoms with E-state index >= 15 is 0 Å². The zero-order valence-electron chi connectivity index (χ0n) is 40.0. The lowest BCUT2D eigenvalue weighted by atomic mass is 10.0. The van der Waals surface area contributed by atoms with Crippen LogP contribution in [-0.4, -0.2) is 125 Å². The number of carbonyl (C=O) groups is 5. The van der Waals surface area contributed by atoms with Gasteiger partial charge in [-0.3, -0.25) is 4.79 Å². The second-order valence-corrected chi connectivity index (χ2v) is 19.7. The van der Waals surface area contributed by atoms with Crippen LogP contribution in [0.15, 0.2) is 48.5 Å². The number of para-hydroxylation sites is 2. The van der Waals surface area contributed by atoms with E-state index in [2.05, 4.69) is 10.6 Å². The highest BCUT2D eigenvalue weighted by atomic mass is 16.6. The number of hydrogen-bond donors (Lipinski definition) is 2. The van der Waals surface area contributed by atoms with E-state index in [4.69, 9.17) is 23.9 Å². The molecule has 15 nitrogen and oxygen atoms in total. The van der Waals surface area contributed by atoms with Crippen LogP contribution in [0.5, 0.6) is 0 Å². The highest BCUT2D eigenvalue weighted by molar-refractivity contribution is 6.16. The van der Waals surface area contributed by atoms with Gasteiger partial charge in [0.1, 0.15) is 22.4 Å². The summed E-state index contributed by atoms with van der Waals surface area (Å²) in [6, 6.07) is 15.2. The lowest BCUT2D eigenvalue weighted by Gasteiger charge is -2.30. The van der Waals surface area contributed by atoms with Gasteiger partial charge in [0.25, 0.3) is 5.91 Å². The number of hydrogen-bond acceptors (Lipinski definition) is 10. The summed E-state index contributed by atoms with van der Waals surface area (Å²) in [6.07, 6.45) is 1.45.